The van der Waals surface area contributed by atoms with Crippen LogP contribution < -0.4 is 4.74 Å². The van der Waals surface area contributed by atoms with Gasteiger partial charge in [0.25, 0.3) is 0 Å². The molecule has 0 atom stereocenters. The van der Waals surface area contributed by atoms with Gasteiger partial charge in [0, 0.05) is 34.4 Å². The molecule has 0 bridgehead atoms. The molecule has 2 N–H and O–H groups in total. The molecule has 0 saturated carbocycles. The van der Waals surface area contributed by atoms with Crippen LogP contribution in [0.4, 0.5) is 0 Å². The number of hydrogen-bond donors (Lipinski definition) is 2. The summed E-state index contributed by atoms with van der Waals surface area (Å²) in [6.45, 7) is 0. The van der Waals surface area contributed by atoms with E-state index < -0.39 is 11.9 Å². The summed E-state index contributed by atoms with van der Waals surface area (Å²) in [5.74, 6) is -0.931. The highest BCUT2D eigenvalue weighted by atomic mass is 16.5. The third-order valence-corrected chi connectivity index (χ3v) is 8.41. The first kappa shape index (κ1) is 31.0. The van der Waals surface area contributed by atoms with Gasteiger partial charge in [-0.2, -0.15) is 0 Å². The number of carboxylic acids is 2. The highest BCUT2D eigenvalue weighted by molar-refractivity contribution is 5.92. The van der Waals surface area contributed by atoms with Gasteiger partial charge < -0.3 is 14.9 Å². The Bertz CT molecular complexity index is 2410. The van der Waals surface area contributed by atoms with E-state index in [2.05, 4.69) is 0 Å². The zero-order chi connectivity index (χ0) is 34.9. The molecule has 0 unspecified atom stereocenters. The molecule has 9 nitrogen and oxygen atoms in total. The molecule has 8 rings (SSSR count). The number of benzene rings is 6. The maximum atomic E-state index is 11.5. The lowest BCUT2D eigenvalue weighted by Gasteiger charge is -2.13. The number of rotatable bonds is 8. The Hall–Kier alpha value is -7.26. The van der Waals surface area contributed by atoms with Gasteiger partial charge in [-0.1, -0.05) is 84.9 Å². The number of carboxylic acid groups (broad SMARTS) is 2. The number of ether oxygens (including phenoxy) is 1. The summed E-state index contributed by atoms with van der Waals surface area (Å²) < 4.78 is 6.33. The third-order valence-electron chi connectivity index (χ3n) is 8.41. The van der Waals surface area contributed by atoms with Crippen molar-refractivity contribution in [1.29, 1.82) is 0 Å². The van der Waals surface area contributed by atoms with E-state index >= 15 is 0 Å². The monoisotopic (exact) mass is 666 g/mol. The normalized spacial score (nSPS) is 11.1. The van der Waals surface area contributed by atoms with Crippen LogP contribution in [0.25, 0.3) is 67.1 Å². The van der Waals surface area contributed by atoms with Crippen molar-refractivity contribution in [1.82, 2.24) is 19.9 Å². The summed E-state index contributed by atoms with van der Waals surface area (Å²) in [5.41, 5.74) is 8.72. The number of aromatic carboxylic acids is 2. The molecule has 244 valence electrons. The molecule has 0 spiro atoms. The van der Waals surface area contributed by atoms with Crippen LogP contribution in [0.3, 0.4) is 0 Å². The lowest BCUT2D eigenvalue weighted by Crippen LogP contribution is -1.98. The molecule has 0 amide bonds. The second-order valence-corrected chi connectivity index (χ2v) is 11.7. The minimum atomic E-state index is -1.00. The predicted octanol–water partition coefficient (Wildman–Crippen LogP) is 9.43. The average Bonchev–Trinajstić information content (AvgIpc) is 3.17. The average molecular weight is 667 g/mol. The first-order chi connectivity index (χ1) is 24.9. The van der Waals surface area contributed by atoms with Crippen molar-refractivity contribution in [3.05, 3.63) is 157 Å². The van der Waals surface area contributed by atoms with Crippen molar-refractivity contribution in [2.24, 2.45) is 0 Å². The smallest absolute Gasteiger partial charge is 0.335 e. The van der Waals surface area contributed by atoms with Crippen LogP contribution in [0, 0.1) is 0 Å². The molecular formula is C42H26N4O5. The Balaban J connectivity index is 1.18. The summed E-state index contributed by atoms with van der Waals surface area (Å²) in [6.07, 6.45) is 0. The van der Waals surface area contributed by atoms with Crippen LogP contribution in [-0.4, -0.2) is 42.1 Å². The lowest BCUT2D eigenvalue weighted by molar-refractivity contribution is 0.0686. The van der Waals surface area contributed by atoms with Crippen molar-refractivity contribution in [2.75, 3.05) is 0 Å². The zero-order valence-corrected chi connectivity index (χ0v) is 26.8. The summed E-state index contributed by atoms with van der Waals surface area (Å²) in [7, 11) is 0. The molecule has 2 aromatic heterocycles. The number of fused-ring (bicyclic) bond motifs is 2. The van der Waals surface area contributed by atoms with Crippen molar-refractivity contribution < 1.29 is 24.5 Å². The Morgan fingerprint density at radius 2 is 0.725 bits per heavy atom. The second kappa shape index (κ2) is 13.0. The van der Waals surface area contributed by atoms with Crippen molar-refractivity contribution in [3.8, 4) is 56.5 Å². The van der Waals surface area contributed by atoms with Gasteiger partial charge in [-0.05, 0) is 48.5 Å². The topological polar surface area (TPSA) is 135 Å². The van der Waals surface area contributed by atoms with Crippen molar-refractivity contribution in [2.45, 2.75) is 0 Å². The first-order valence-corrected chi connectivity index (χ1v) is 16.0. The fourth-order valence-corrected chi connectivity index (χ4v) is 5.87. The van der Waals surface area contributed by atoms with E-state index in [0.717, 1.165) is 22.3 Å². The van der Waals surface area contributed by atoms with Gasteiger partial charge in [0.15, 0.2) is 0 Å². The van der Waals surface area contributed by atoms with Gasteiger partial charge in [0.05, 0.1) is 56.0 Å². The lowest BCUT2D eigenvalue weighted by atomic mass is 10.0. The van der Waals surface area contributed by atoms with E-state index in [1.165, 1.54) is 0 Å². The standard InChI is InChI=1S/C42H26N4O5/c47-41(48)29-15-11-27(12-16-29)39-37(25-7-3-1-4-8-25)43-33-21-19-31(23-35(33)45-39)51-32-20-22-34-36(24-32)46-40(28-13-17-30(18-14-28)42(49)50)38(44-34)26-9-5-2-6-10-26/h1-24H,(H,47,48)(H,49,50). The van der Waals surface area contributed by atoms with Gasteiger partial charge in [-0.25, -0.2) is 29.5 Å². The molecule has 6 aromatic carbocycles. The summed E-state index contributed by atoms with van der Waals surface area (Å²) in [6, 6.07) is 43.6. The maximum absolute atomic E-state index is 11.5. The fourth-order valence-electron chi connectivity index (χ4n) is 5.87. The molecule has 51 heavy (non-hydrogen) atoms. The van der Waals surface area contributed by atoms with E-state index in [4.69, 9.17) is 24.7 Å². The summed E-state index contributed by atoms with van der Waals surface area (Å²) in [4.78, 5) is 42.9. The van der Waals surface area contributed by atoms with Crippen LogP contribution in [0.15, 0.2) is 146 Å². The first-order valence-electron chi connectivity index (χ1n) is 16.0. The van der Waals surface area contributed by atoms with Gasteiger partial charge in [-0.3, -0.25) is 0 Å². The highest BCUT2D eigenvalue weighted by Crippen LogP contribution is 2.35. The molecule has 0 aliphatic carbocycles. The second-order valence-electron chi connectivity index (χ2n) is 11.7. The van der Waals surface area contributed by atoms with Crippen LogP contribution in [0.2, 0.25) is 0 Å². The molecule has 0 fully saturated rings. The van der Waals surface area contributed by atoms with E-state index in [1.807, 2.05) is 97.1 Å². The maximum Gasteiger partial charge on any atom is 0.335 e. The number of nitrogens with zero attached hydrogens (tertiary/aromatic N) is 4. The Morgan fingerprint density at radius 1 is 0.392 bits per heavy atom. The largest absolute Gasteiger partial charge is 0.478 e. The molecular weight excluding hydrogens is 640 g/mol. The summed E-state index contributed by atoms with van der Waals surface area (Å²) >= 11 is 0. The molecule has 0 aliphatic rings. The highest BCUT2D eigenvalue weighted by Gasteiger charge is 2.17. The van der Waals surface area contributed by atoms with E-state index in [9.17, 15) is 19.8 Å². The van der Waals surface area contributed by atoms with E-state index in [0.29, 0.717) is 56.3 Å². The van der Waals surface area contributed by atoms with Gasteiger partial charge in [0.1, 0.15) is 11.5 Å². The van der Waals surface area contributed by atoms with Crippen molar-refractivity contribution in [3.63, 3.8) is 0 Å². The van der Waals surface area contributed by atoms with Crippen LogP contribution in [0.1, 0.15) is 20.7 Å². The Labute approximate surface area is 291 Å². The Kier molecular flexibility index (Phi) is 7.90. The number of hydrogen-bond acceptors (Lipinski definition) is 7. The molecule has 9 heteroatoms. The Morgan fingerprint density at radius 3 is 1.08 bits per heavy atom. The van der Waals surface area contributed by atoms with Gasteiger partial charge in [-0.15, -0.1) is 0 Å². The molecule has 0 radical (unpaired) electrons. The molecule has 8 aromatic rings. The van der Waals surface area contributed by atoms with Crippen LogP contribution in [-0.2, 0) is 0 Å². The predicted molar refractivity (Wildman–Crippen MR) is 195 cm³/mol. The van der Waals surface area contributed by atoms with Crippen LogP contribution >= 0.6 is 0 Å². The number of carbonyl (C=O) groups is 2. The molecule has 0 aliphatic heterocycles. The zero-order valence-electron chi connectivity index (χ0n) is 26.8. The van der Waals surface area contributed by atoms with E-state index in [-0.39, 0.29) is 11.1 Å². The quantitative estimate of drug-likeness (QED) is 0.163. The van der Waals surface area contributed by atoms with Crippen molar-refractivity contribution >= 4 is 34.0 Å². The van der Waals surface area contributed by atoms with E-state index in [1.54, 1.807) is 48.5 Å². The number of aromatic nitrogens is 4. The summed E-state index contributed by atoms with van der Waals surface area (Å²) in [5, 5.41) is 18.8. The third kappa shape index (κ3) is 6.23. The van der Waals surface area contributed by atoms with Crippen LogP contribution in [0.5, 0.6) is 11.5 Å². The SMILES string of the molecule is O=C(O)c1ccc(-c2nc3cc(Oc4ccc5nc(-c6ccccc6)c(-c6ccc(C(=O)O)cc6)nc5c4)ccc3nc2-c2ccccc2)cc1. The van der Waals surface area contributed by atoms with Gasteiger partial charge >= 0.3 is 11.9 Å². The molecule has 2 heterocycles. The molecule has 0 saturated heterocycles. The van der Waals surface area contributed by atoms with Gasteiger partial charge in [0.2, 0.25) is 0 Å². The minimum Gasteiger partial charge on any atom is -0.478 e. The fraction of sp³-hybridized carbons (Fsp3) is 0. The minimum absolute atomic E-state index is 0.184.